The molecule has 4 nitrogen and oxygen atoms in total. The number of hydrogen-bond donors (Lipinski definition) is 2. The molecule has 1 heterocycles. The van der Waals surface area contributed by atoms with E-state index in [2.05, 4.69) is 12.2 Å². The summed E-state index contributed by atoms with van der Waals surface area (Å²) < 4.78 is 10.5. The number of nitrogens with one attached hydrogen (secondary N) is 1. The summed E-state index contributed by atoms with van der Waals surface area (Å²) in [7, 11) is 1.62. The molecule has 2 N–H and O–H groups in total. The highest BCUT2D eigenvalue weighted by Gasteiger charge is 2.15. The lowest BCUT2D eigenvalue weighted by atomic mass is 10.0. The van der Waals surface area contributed by atoms with Crippen molar-refractivity contribution in [2.75, 3.05) is 7.11 Å². The molecule has 1 aromatic carbocycles. The largest absolute Gasteiger partial charge is 0.508 e. The first kappa shape index (κ1) is 14.5. The van der Waals surface area contributed by atoms with Gasteiger partial charge in [-0.05, 0) is 44.2 Å². The van der Waals surface area contributed by atoms with Crippen LogP contribution >= 0.6 is 0 Å². The molecule has 0 bridgehead atoms. The SMILES string of the molecule is COc1ccc(O)c(C(C)NC(C)Cc2ccco2)c1. The standard InChI is InChI=1S/C16H21NO3/c1-11(9-14-5-4-8-20-14)17-12(2)15-10-13(19-3)6-7-16(15)18/h4-8,10-12,17-18H,9H2,1-3H3. The molecule has 0 aliphatic heterocycles. The molecule has 2 aromatic rings. The van der Waals surface area contributed by atoms with Gasteiger partial charge in [0.2, 0.25) is 0 Å². The van der Waals surface area contributed by atoms with E-state index in [0.717, 1.165) is 23.5 Å². The summed E-state index contributed by atoms with van der Waals surface area (Å²) in [6.07, 6.45) is 2.49. The molecule has 4 heteroatoms. The van der Waals surface area contributed by atoms with E-state index >= 15 is 0 Å². The minimum absolute atomic E-state index is 0.0232. The number of methoxy groups -OCH3 is 1. The molecule has 108 valence electrons. The van der Waals surface area contributed by atoms with E-state index in [1.807, 2.05) is 25.1 Å². The predicted octanol–water partition coefficient (Wildman–Crippen LogP) is 3.28. The molecular formula is C16H21NO3. The molecule has 0 radical (unpaired) electrons. The van der Waals surface area contributed by atoms with Gasteiger partial charge in [-0.15, -0.1) is 0 Å². The van der Waals surface area contributed by atoms with E-state index in [4.69, 9.17) is 9.15 Å². The first-order chi connectivity index (χ1) is 9.60. The van der Waals surface area contributed by atoms with Crippen LogP contribution in [0.3, 0.4) is 0 Å². The lowest BCUT2D eigenvalue weighted by Gasteiger charge is -2.21. The number of aromatic hydroxyl groups is 1. The maximum atomic E-state index is 9.96. The topological polar surface area (TPSA) is 54.6 Å². The highest BCUT2D eigenvalue weighted by Crippen LogP contribution is 2.28. The van der Waals surface area contributed by atoms with Gasteiger partial charge < -0.3 is 19.6 Å². The van der Waals surface area contributed by atoms with Gasteiger partial charge in [0.05, 0.1) is 13.4 Å². The second-order valence-corrected chi connectivity index (χ2v) is 5.00. The summed E-state index contributed by atoms with van der Waals surface area (Å²) in [4.78, 5) is 0. The molecule has 0 saturated carbocycles. The van der Waals surface area contributed by atoms with E-state index in [-0.39, 0.29) is 17.8 Å². The molecule has 0 aliphatic carbocycles. The monoisotopic (exact) mass is 275 g/mol. The molecule has 1 aromatic heterocycles. The Morgan fingerprint density at radius 2 is 2.10 bits per heavy atom. The Bertz CT molecular complexity index is 537. The lowest BCUT2D eigenvalue weighted by Crippen LogP contribution is -2.30. The van der Waals surface area contributed by atoms with E-state index in [9.17, 15) is 5.11 Å². The highest BCUT2D eigenvalue weighted by atomic mass is 16.5. The zero-order valence-corrected chi connectivity index (χ0v) is 12.1. The fourth-order valence-corrected chi connectivity index (χ4v) is 2.31. The minimum Gasteiger partial charge on any atom is -0.508 e. The molecule has 0 amide bonds. The zero-order chi connectivity index (χ0) is 14.5. The van der Waals surface area contributed by atoms with E-state index in [0.29, 0.717) is 0 Å². The fraction of sp³-hybridized carbons (Fsp3) is 0.375. The fourth-order valence-electron chi connectivity index (χ4n) is 2.31. The van der Waals surface area contributed by atoms with E-state index in [1.54, 1.807) is 25.5 Å². The maximum absolute atomic E-state index is 9.96. The van der Waals surface area contributed by atoms with Crippen molar-refractivity contribution in [3.05, 3.63) is 47.9 Å². The van der Waals surface area contributed by atoms with Crippen LogP contribution < -0.4 is 10.1 Å². The van der Waals surface area contributed by atoms with Crippen LogP contribution in [0, 0.1) is 0 Å². The number of phenolic OH excluding ortho intramolecular Hbond substituents is 1. The van der Waals surface area contributed by atoms with Gasteiger partial charge in [-0.3, -0.25) is 0 Å². The van der Waals surface area contributed by atoms with Gasteiger partial charge in [0.1, 0.15) is 17.3 Å². The van der Waals surface area contributed by atoms with Crippen LogP contribution in [-0.4, -0.2) is 18.3 Å². The zero-order valence-electron chi connectivity index (χ0n) is 12.1. The average molecular weight is 275 g/mol. The van der Waals surface area contributed by atoms with Gasteiger partial charge in [0.25, 0.3) is 0 Å². The third-order valence-electron chi connectivity index (χ3n) is 3.32. The Balaban J connectivity index is 2.02. The Hall–Kier alpha value is -1.94. The minimum atomic E-state index is 0.0232. The van der Waals surface area contributed by atoms with Crippen molar-refractivity contribution in [1.82, 2.24) is 5.32 Å². The van der Waals surface area contributed by atoms with Crippen molar-refractivity contribution in [3.8, 4) is 11.5 Å². The van der Waals surface area contributed by atoms with Gasteiger partial charge in [-0.2, -0.15) is 0 Å². The van der Waals surface area contributed by atoms with Gasteiger partial charge >= 0.3 is 0 Å². The first-order valence-electron chi connectivity index (χ1n) is 6.75. The summed E-state index contributed by atoms with van der Waals surface area (Å²) in [6.45, 7) is 4.11. The summed E-state index contributed by atoms with van der Waals surface area (Å²) in [5.74, 6) is 1.97. The van der Waals surface area contributed by atoms with Gasteiger partial charge in [-0.1, -0.05) is 0 Å². The van der Waals surface area contributed by atoms with Crippen LogP contribution in [0.1, 0.15) is 31.2 Å². The van der Waals surface area contributed by atoms with Crippen LogP contribution in [0.4, 0.5) is 0 Å². The van der Waals surface area contributed by atoms with Crippen LogP contribution in [0.15, 0.2) is 41.0 Å². The molecule has 2 atom stereocenters. The number of furan rings is 1. The summed E-state index contributed by atoms with van der Waals surface area (Å²) in [5.41, 5.74) is 0.829. The van der Waals surface area contributed by atoms with Crippen molar-refractivity contribution >= 4 is 0 Å². The Morgan fingerprint density at radius 3 is 2.75 bits per heavy atom. The predicted molar refractivity (Wildman–Crippen MR) is 78.1 cm³/mol. The van der Waals surface area contributed by atoms with Crippen molar-refractivity contribution in [2.45, 2.75) is 32.4 Å². The maximum Gasteiger partial charge on any atom is 0.120 e. The number of hydrogen-bond acceptors (Lipinski definition) is 4. The quantitative estimate of drug-likeness (QED) is 0.849. The molecule has 2 unspecified atom stereocenters. The van der Waals surface area contributed by atoms with Crippen molar-refractivity contribution < 1.29 is 14.3 Å². The number of phenols is 1. The van der Waals surface area contributed by atoms with Gasteiger partial charge in [-0.25, -0.2) is 0 Å². The molecule has 0 spiro atoms. The Kier molecular flexibility index (Phi) is 4.69. The van der Waals surface area contributed by atoms with Gasteiger partial charge in [0, 0.05) is 24.1 Å². The van der Waals surface area contributed by atoms with Crippen LogP contribution in [0.25, 0.3) is 0 Å². The van der Waals surface area contributed by atoms with E-state index in [1.165, 1.54) is 0 Å². The molecule has 0 fully saturated rings. The van der Waals surface area contributed by atoms with E-state index < -0.39 is 0 Å². The third kappa shape index (κ3) is 3.54. The molecule has 0 aliphatic rings. The molecule has 2 rings (SSSR count). The van der Waals surface area contributed by atoms with Crippen LogP contribution in [-0.2, 0) is 6.42 Å². The summed E-state index contributed by atoms with van der Waals surface area (Å²) in [5, 5.41) is 13.4. The normalized spacial score (nSPS) is 13.9. The van der Waals surface area contributed by atoms with Crippen molar-refractivity contribution in [3.63, 3.8) is 0 Å². The smallest absolute Gasteiger partial charge is 0.120 e. The number of ether oxygens (including phenoxy) is 1. The molecular weight excluding hydrogens is 254 g/mol. The van der Waals surface area contributed by atoms with Gasteiger partial charge in [0.15, 0.2) is 0 Å². The third-order valence-corrected chi connectivity index (χ3v) is 3.32. The Morgan fingerprint density at radius 1 is 1.30 bits per heavy atom. The molecule has 0 saturated heterocycles. The average Bonchev–Trinajstić information content (AvgIpc) is 2.91. The first-order valence-corrected chi connectivity index (χ1v) is 6.75. The molecule has 20 heavy (non-hydrogen) atoms. The van der Waals surface area contributed by atoms with Crippen molar-refractivity contribution in [1.29, 1.82) is 0 Å². The summed E-state index contributed by atoms with van der Waals surface area (Å²) in [6, 6.07) is 9.37. The van der Waals surface area contributed by atoms with Crippen molar-refractivity contribution in [2.24, 2.45) is 0 Å². The second kappa shape index (κ2) is 6.48. The number of benzene rings is 1. The highest BCUT2D eigenvalue weighted by molar-refractivity contribution is 5.41. The number of rotatable bonds is 6. The Labute approximate surface area is 119 Å². The summed E-state index contributed by atoms with van der Waals surface area (Å²) >= 11 is 0. The lowest BCUT2D eigenvalue weighted by molar-refractivity contribution is 0.398. The second-order valence-electron chi connectivity index (χ2n) is 5.00. The van der Waals surface area contributed by atoms with Crippen LogP contribution in [0.5, 0.6) is 11.5 Å². The van der Waals surface area contributed by atoms with Crippen LogP contribution in [0.2, 0.25) is 0 Å².